The highest BCUT2D eigenvalue weighted by Gasteiger charge is 2.30. The molecule has 2 aliphatic heterocycles. The van der Waals surface area contributed by atoms with E-state index in [1.54, 1.807) is 0 Å². The molecule has 4 nitrogen and oxygen atoms in total. The number of amidine groups is 1. The second-order valence-electron chi connectivity index (χ2n) is 8.50. The van der Waals surface area contributed by atoms with E-state index in [1.807, 2.05) is 18.2 Å². The molecule has 2 aromatic carbocycles. The number of allylic oxidation sites excluding steroid dienone is 1. The van der Waals surface area contributed by atoms with Gasteiger partial charge in [-0.1, -0.05) is 31.2 Å². The van der Waals surface area contributed by atoms with Crippen molar-refractivity contribution in [1.82, 2.24) is 5.32 Å². The van der Waals surface area contributed by atoms with E-state index in [2.05, 4.69) is 86.2 Å². The van der Waals surface area contributed by atoms with Crippen molar-refractivity contribution in [3.05, 3.63) is 70.1 Å². The zero-order chi connectivity index (χ0) is 22.2. The van der Waals surface area contributed by atoms with Crippen molar-refractivity contribution < 1.29 is 4.79 Å². The molecule has 2 aromatic rings. The number of nitrogens with zero attached hydrogens (tertiary/aromatic N) is 2. The Labute approximate surface area is 189 Å². The highest BCUT2D eigenvalue weighted by molar-refractivity contribution is 8.18. The molecule has 0 spiro atoms. The average Bonchev–Trinajstić information content (AvgIpc) is 3.07. The first-order chi connectivity index (χ1) is 14.8. The molecule has 0 bridgehead atoms. The summed E-state index contributed by atoms with van der Waals surface area (Å²) in [5.41, 5.74) is 6.88. The summed E-state index contributed by atoms with van der Waals surface area (Å²) in [6, 6.07) is 14.6. The largest absolute Gasteiger partial charge is 0.363 e. The van der Waals surface area contributed by atoms with Crippen LogP contribution in [0.25, 0.3) is 11.6 Å². The third kappa shape index (κ3) is 4.33. The van der Waals surface area contributed by atoms with Crippen LogP contribution in [0.1, 0.15) is 51.3 Å². The molecule has 0 saturated carbocycles. The number of carbonyl (C=O) groups is 1. The van der Waals surface area contributed by atoms with Crippen LogP contribution in [0.5, 0.6) is 0 Å². The topological polar surface area (TPSA) is 44.7 Å². The van der Waals surface area contributed by atoms with E-state index in [0.717, 1.165) is 24.2 Å². The summed E-state index contributed by atoms with van der Waals surface area (Å²) in [6.45, 7) is 11.9. The molecule has 1 saturated heterocycles. The van der Waals surface area contributed by atoms with Gasteiger partial charge in [0.2, 0.25) is 0 Å². The molecule has 0 unspecified atom stereocenters. The van der Waals surface area contributed by atoms with E-state index >= 15 is 0 Å². The lowest BCUT2D eigenvalue weighted by atomic mass is 9.88. The van der Waals surface area contributed by atoms with Gasteiger partial charge in [-0.05, 0) is 92.9 Å². The van der Waals surface area contributed by atoms with Gasteiger partial charge >= 0.3 is 0 Å². The molecule has 1 N–H and O–H groups in total. The molecule has 4 rings (SSSR count). The highest BCUT2D eigenvalue weighted by atomic mass is 32.2. The summed E-state index contributed by atoms with van der Waals surface area (Å²) < 4.78 is 0. The van der Waals surface area contributed by atoms with Crippen LogP contribution in [0.2, 0.25) is 0 Å². The molecule has 0 radical (unpaired) electrons. The lowest BCUT2D eigenvalue weighted by Gasteiger charge is -2.42. The van der Waals surface area contributed by atoms with Gasteiger partial charge in [0.1, 0.15) is 0 Å². The minimum atomic E-state index is -0.102. The van der Waals surface area contributed by atoms with Crippen molar-refractivity contribution in [2.24, 2.45) is 4.99 Å². The van der Waals surface area contributed by atoms with Crippen LogP contribution in [0.15, 0.2) is 58.4 Å². The monoisotopic (exact) mass is 431 g/mol. The predicted octanol–water partition coefficient (Wildman–Crippen LogP) is 6.16. The molecular weight excluding hydrogens is 402 g/mol. The number of thioether (sulfide) groups is 1. The lowest BCUT2D eigenvalue weighted by Crippen LogP contribution is -2.44. The van der Waals surface area contributed by atoms with Gasteiger partial charge in [0.25, 0.3) is 5.91 Å². The van der Waals surface area contributed by atoms with Crippen LogP contribution in [0, 0.1) is 0 Å². The number of hydrogen-bond acceptors (Lipinski definition) is 4. The molecule has 1 fully saturated rings. The van der Waals surface area contributed by atoms with Crippen LogP contribution < -0.4 is 10.2 Å². The highest BCUT2D eigenvalue weighted by Crippen LogP contribution is 2.39. The second-order valence-corrected chi connectivity index (χ2v) is 9.53. The number of hydrogen-bond donors (Lipinski definition) is 1. The standard InChI is InChI=1S/C26H29N3OS/c1-6-18-8-11-20(12-9-18)27-25-28-24(30)23(31-25)15-19-10-13-22-21(14-19)17(3)16-26(4,5)29(22)7-2/h8-16H,6-7H2,1-5H3,(H,27,28,30)/b23-15+. The quantitative estimate of drug-likeness (QED) is 0.590. The van der Waals surface area contributed by atoms with Crippen LogP contribution >= 0.6 is 11.8 Å². The van der Waals surface area contributed by atoms with Crippen molar-refractivity contribution in [3.8, 4) is 0 Å². The van der Waals surface area contributed by atoms with Gasteiger partial charge < -0.3 is 10.2 Å². The summed E-state index contributed by atoms with van der Waals surface area (Å²) in [4.78, 5) is 20.2. The van der Waals surface area contributed by atoms with Crippen molar-refractivity contribution in [3.63, 3.8) is 0 Å². The Morgan fingerprint density at radius 1 is 1.13 bits per heavy atom. The van der Waals surface area contributed by atoms with Gasteiger partial charge in [0.05, 0.1) is 16.1 Å². The number of aryl methyl sites for hydroxylation is 1. The number of nitrogens with one attached hydrogen (secondary N) is 1. The zero-order valence-corrected chi connectivity index (χ0v) is 19.6. The summed E-state index contributed by atoms with van der Waals surface area (Å²) in [6.07, 6.45) is 5.27. The Morgan fingerprint density at radius 3 is 2.55 bits per heavy atom. The molecule has 1 amide bonds. The van der Waals surface area contributed by atoms with Gasteiger partial charge in [0, 0.05) is 17.8 Å². The summed E-state index contributed by atoms with van der Waals surface area (Å²) in [5.74, 6) is -0.102. The fraction of sp³-hybridized carbons (Fsp3) is 0.308. The number of carbonyl (C=O) groups excluding carboxylic acids is 1. The first kappa shape index (κ1) is 21.4. The fourth-order valence-electron chi connectivity index (χ4n) is 4.32. The third-order valence-electron chi connectivity index (χ3n) is 5.84. The lowest BCUT2D eigenvalue weighted by molar-refractivity contribution is -0.115. The summed E-state index contributed by atoms with van der Waals surface area (Å²) in [5, 5.41) is 3.50. The average molecular weight is 432 g/mol. The molecule has 0 aromatic heterocycles. The minimum Gasteiger partial charge on any atom is -0.363 e. The third-order valence-corrected chi connectivity index (χ3v) is 6.75. The molecule has 5 heteroatoms. The molecule has 160 valence electrons. The van der Waals surface area contributed by atoms with Crippen LogP contribution in [-0.2, 0) is 11.2 Å². The number of amides is 1. The van der Waals surface area contributed by atoms with E-state index in [-0.39, 0.29) is 11.4 Å². The minimum absolute atomic E-state index is 0.00625. The van der Waals surface area contributed by atoms with Gasteiger partial charge in [-0.3, -0.25) is 4.79 Å². The molecular formula is C26H29N3OS. The molecule has 0 atom stereocenters. The Morgan fingerprint density at radius 2 is 1.87 bits per heavy atom. The predicted molar refractivity (Wildman–Crippen MR) is 134 cm³/mol. The number of anilines is 1. The smallest absolute Gasteiger partial charge is 0.264 e. The molecule has 31 heavy (non-hydrogen) atoms. The maximum Gasteiger partial charge on any atom is 0.264 e. The zero-order valence-electron chi connectivity index (χ0n) is 18.8. The first-order valence-corrected chi connectivity index (χ1v) is 11.6. The van der Waals surface area contributed by atoms with E-state index in [4.69, 9.17) is 0 Å². The summed E-state index contributed by atoms with van der Waals surface area (Å²) >= 11 is 1.39. The molecule has 0 aliphatic carbocycles. The van der Waals surface area contributed by atoms with Gasteiger partial charge in [-0.25, -0.2) is 4.99 Å². The molecule has 2 aliphatic rings. The van der Waals surface area contributed by atoms with Gasteiger partial charge in [-0.15, -0.1) is 0 Å². The van der Waals surface area contributed by atoms with Crippen molar-refractivity contribution in [2.75, 3.05) is 11.4 Å². The van der Waals surface area contributed by atoms with Crippen LogP contribution in [0.4, 0.5) is 11.4 Å². The Hall–Kier alpha value is -2.79. The maximum absolute atomic E-state index is 12.5. The van der Waals surface area contributed by atoms with E-state index in [9.17, 15) is 4.79 Å². The maximum atomic E-state index is 12.5. The van der Waals surface area contributed by atoms with Crippen LogP contribution in [0.3, 0.4) is 0 Å². The molecule has 2 heterocycles. The van der Waals surface area contributed by atoms with E-state index in [1.165, 1.54) is 34.1 Å². The number of aliphatic imine (C=N–C) groups is 1. The number of rotatable bonds is 4. The van der Waals surface area contributed by atoms with E-state index < -0.39 is 0 Å². The second kappa shape index (κ2) is 8.39. The first-order valence-electron chi connectivity index (χ1n) is 10.8. The number of fused-ring (bicyclic) bond motifs is 1. The fourth-order valence-corrected chi connectivity index (χ4v) is 5.17. The Balaban J connectivity index is 1.60. The Bertz CT molecular complexity index is 1110. The summed E-state index contributed by atoms with van der Waals surface area (Å²) in [7, 11) is 0. The van der Waals surface area contributed by atoms with Crippen molar-refractivity contribution >= 4 is 45.9 Å². The number of benzene rings is 2. The van der Waals surface area contributed by atoms with E-state index in [0.29, 0.717) is 10.1 Å². The normalized spacial score (nSPS) is 20.1. The van der Waals surface area contributed by atoms with Gasteiger partial charge in [-0.2, -0.15) is 0 Å². The van der Waals surface area contributed by atoms with Crippen molar-refractivity contribution in [1.29, 1.82) is 0 Å². The van der Waals surface area contributed by atoms with Gasteiger partial charge in [0.15, 0.2) is 5.17 Å². The Kier molecular flexibility index (Phi) is 5.80. The van der Waals surface area contributed by atoms with Crippen LogP contribution in [-0.4, -0.2) is 23.2 Å². The van der Waals surface area contributed by atoms with Crippen molar-refractivity contribution in [2.45, 2.75) is 46.6 Å². The SMILES string of the molecule is CCc1ccc(N=C2NC(=O)/C(=C\c3ccc4c(c3)C(C)=CC(C)(C)N4CC)S2)cc1. The number of likely N-dealkylation sites (N-methyl/N-ethyl adjacent to an activating group) is 1.